The van der Waals surface area contributed by atoms with E-state index < -0.39 is 6.17 Å². The third-order valence-electron chi connectivity index (χ3n) is 4.34. The molecule has 0 saturated carbocycles. The predicted octanol–water partition coefficient (Wildman–Crippen LogP) is 1.98. The van der Waals surface area contributed by atoms with Crippen molar-refractivity contribution in [2.75, 3.05) is 20.6 Å². The lowest BCUT2D eigenvalue weighted by atomic mass is 10.0. The van der Waals surface area contributed by atoms with E-state index in [-0.39, 0.29) is 23.3 Å². The summed E-state index contributed by atoms with van der Waals surface area (Å²) in [5.74, 6) is -0.275. The molecule has 2 unspecified atom stereocenters. The van der Waals surface area contributed by atoms with Crippen LogP contribution in [0.2, 0.25) is 0 Å². The quantitative estimate of drug-likeness (QED) is 0.922. The molecule has 1 aromatic carbocycles. The minimum Gasteiger partial charge on any atom is -0.320 e. The van der Waals surface area contributed by atoms with Crippen LogP contribution in [0.15, 0.2) is 24.3 Å². The fraction of sp³-hybridized carbons (Fsp3) is 0.562. The molecule has 1 N–H and O–H groups in total. The molecular weight excluding hydrogens is 269 g/mol. The third kappa shape index (κ3) is 3.09. The Balaban J connectivity index is 2.32. The zero-order chi connectivity index (χ0) is 15.8. The average molecular weight is 293 g/mol. The van der Waals surface area contributed by atoms with Gasteiger partial charge in [0, 0.05) is 17.6 Å². The normalized spacial score (nSPS) is 23.2. The van der Waals surface area contributed by atoms with Gasteiger partial charge in [0.05, 0.1) is 6.04 Å². The highest BCUT2D eigenvalue weighted by Gasteiger charge is 2.41. The van der Waals surface area contributed by atoms with Crippen LogP contribution in [0.25, 0.3) is 0 Å². The number of amides is 1. The number of benzene rings is 1. The maximum atomic E-state index is 14.1. The van der Waals surface area contributed by atoms with Crippen LogP contribution in [0.4, 0.5) is 4.39 Å². The van der Waals surface area contributed by atoms with Crippen molar-refractivity contribution in [3.8, 4) is 0 Å². The maximum Gasteiger partial charge on any atom is 0.241 e. The van der Waals surface area contributed by atoms with Gasteiger partial charge in [-0.3, -0.25) is 10.1 Å². The summed E-state index contributed by atoms with van der Waals surface area (Å²) in [5, 5.41) is 3.19. The fourth-order valence-corrected chi connectivity index (χ4v) is 2.46. The highest BCUT2D eigenvalue weighted by Crippen LogP contribution is 2.29. The minimum atomic E-state index is -0.409. The number of nitrogens with zero attached hydrogens (tertiary/aromatic N) is 2. The molecule has 2 rings (SSSR count). The Hall–Kier alpha value is -1.46. The van der Waals surface area contributed by atoms with E-state index >= 15 is 0 Å². The molecule has 1 aliphatic rings. The van der Waals surface area contributed by atoms with Crippen molar-refractivity contribution in [3.05, 3.63) is 35.6 Å². The van der Waals surface area contributed by atoms with Crippen molar-refractivity contribution in [3.63, 3.8) is 0 Å². The van der Waals surface area contributed by atoms with Crippen LogP contribution in [-0.2, 0) is 4.79 Å². The van der Waals surface area contributed by atoms with E-state index in [4.69, 9.17) is 0 Å². The predicted molar refractivity (Wildman–Crippen MR) is 81.2 cm³/mol. The molecule has 0 radical (unpaired) electrons. The lowest BCUT2D eigenvalue weighted by Crippen LogP contribution is -2.50. The van der Waals surface area contributed by atoms with Crippen LogP contribution in [0, 0.1) is 5.82 Å². The molecule has 21 heavy (non-hydrogen) atoms. The van der Waals surface area contributed by atoms with E-state index in [1.54, 1.807) is 23.1 Å². The molecule has 0 aliphatic carbocycles. The van der Waals surface area contributed by atoms with Crippen molar-refractivity contribution in [2.45, 2.75) is 38.5 Å². The van der Waals surface area contributed by atoms with Crippen LogP contribution >= 0.6 is 0 Å². The lowest BCUT2D eigenvalue weighted by molar-refractivity contribution is -0.131. The molecule has 2 atom stereocenters. The number of nitrogens with one attached hydrogen (secondary N) is 1. The molecule has 0 spiro atoms. The monoisotopic (exact) mass is 293 g/mol. The molecule has 1 aliphatic heterocycles. The molecule has 1 amide bonds. The number of rotatable bonds is 4. The van der Waals surface area contributed by atoms with Crippen LogP contribution in [0.3, 0.4) is 0 Å². The van der Waals surface area contributed by atoms with Gasteiger partial charge in [-0.15, -0.1) is 0 Å². The minimum absolute atomic E-state index is 0.0122. The molecule has 4 nitrogen and oxygen atoms in total. The van der Waals surface area contributed by atoms with Gasteiger partial charge in [0.15, 0.2) is 0 Å². The van der Waals surface area contributed by atoms with Crippen LogP contribution < -0.4 is 5.32 Å². The first-order valence-corrected chi connectivity index (χ1v) is 7.22. The van der Waals surface area contributed by atoms with Gasteiger partial charge in [-0.05, 0) is 40.9 Å². The van der Waals surface area contributed by atoms with E-state index in [0.29, 0.717) is 12.1 Å². The first-order chi connectivity index (χ1) is 9.74. The summed E-state index contributed by atoms with van der Waals surface area (Å²) in [6, 6.07) is 6.32. The van der Waals surface area contributed by atoms with Gasteiger partial charge in [0.25, 0.3) is 0 Å². The molecule has 116 valence electrons. The number of likely N-dealkylation sites (N-methyl/N-ethyl adjacent to an activating group) is 1. The first-order valence-electron chi connectivity index (χ1n) is 7.22. The van der Waals surface area contributed by atoms with Gasteiger partial charge < -0.3 is 9.80 Å². The van der Waals surface area contributed by atoms with Crippen LogP contribution in [0.5, 0.6) is 0 Å². The largest absolute Gasteiger partial charge is 0.320 e. The Bertz CT molecular complexity index is 530. The van der Waals surface area contributed by atoms with E-state index in [0.717, 1.165) is 0 Å². The molecule has 1 saturated heterocycles. The second-order valence-corrected chi connectivity index (χ2v) is 6.49. The molecule has 1 heterocycles. The highest BCUT2D eigenvalue weighted by atomic mass is 19.1. The summed E-state index contributed by atoms with van der Waals surface area (Å²) in [5.41, 5.74) is 0.329. The fourth-order valence-electron chi connectivity index (χ4n) is 2.46. The second kappa shape index (κ2) is 5.73. The smallest absolute Gasteiger partial charge is 0.241 e. The topological polar surface area (TPSA) is 35.6 Å². The van der Waals surface area contributed by atoms with Gasteiger partial charge in [-0.25, -0.2) is 4.39 Å². The second-order valence-electron chi connectivity index (χ2n) is 6.49. The first kappa shape index (κ1) is 15.9. The zero-order valence-electron chi connectivity index (χ0n) is 13.4. The number of halogens is 1. The van der Waals surface area contributed by atoms with Crippen molar-refractivity contribution >= 4 is 5.91 Å². The van der Waals surface area contributed by atoms with E-state index in [1.165, 1.54) is 6.07 Å². The van der Waals surface area contributed by atoms with Crippen LogP contribution in [0.1, 0.15) is 32.5 Å². The third-order valence-corrected chi connectivity index (χ3v) is 4.34. The maximum absolute atomic E-state index is 14.1. The van der Waals surface area contributed by atoms with Crippen molar-refractivity contribution in [2.24, 2.45) is 0 Å². The van der Waals surface area contributed by atoms with Gasteiger partial charge >= 0.3 is 0 Å². The SMILES string of the molecule is CC1NC(c2ccccc2F)N(CC(C)(C)N(C)C)C1=O. The Morgan fingerprint density at radius 2 is 1.95 bits per heavy atom. The van der Waals surface area contributed by atoms with Crippen molar-refractivity contribution in [1.29, 1.82) is 0 Å². The van der Waals surface area contributed by atoms with E-state index in [2.05, 4.69) is 24.1 Å². The molecule has 5 heteroatoms. The Morgan fingerprint density at radius 1 is 1.33 bits per heavy atom. The van der Waals surface area contributed by atoms with E-state index in [1.807, 2.05) is 21.0 Å². The molecular formula is C16H24FN3O. The Kier molecular flexibility index (Phi) is 4.35. The summed E-state index contributed by atoms with van der Waals surface area (Å²) in [6.07, 6.45) is -0.409. The van der Waals surface area contributed by atoms with Gasteiger partial charge in [-0.2, -0.15) is 0 Å². The van der Waals surface area contributed by atoms with E-state index in [9.17, 15) is 9.18 Å². The molecule has 1 aromatic rings. The standard InChI is InChI=1S/C16H24FN3O/c1-11-15(21)20(10-16(2,3)19(4)5)14(18-11)12-8-6-7-9-13(12)17/h6-9,11,14,18H,10H2,1-5H3. The average Bonchev–Trinajstić information content (AvgIpc) is 2.67. The van der Waals surface area contributed by atoms with Gasteiger partial charge in [0.2, 0.25) is 5.91 Å². The summed E-state index contributed by atoms with van der Waals surface area (Å²) < 4.78 is 14.1. The lowest BCUT2D eigenvalue weighted by Gasteiger charge is -2.38. The molecule has 0 bridgehead atoms. The summed E-state index contributed by atoms with van der Waals surface area (Å²) >= 11 is 0. The molecule has 1 fully saturated rings. The van der Waals surface area contributed by atoms with Gasteiger partial charge in [0.1, 0.15) is 12.0 Å². The van der Waals surface area contributed by atoms with Crippen LogP contribution in [-0.4, -0.2) is 47.9 Å². The number of carbonyl (C=O) groups excluding carboxylic acids is 1. The summed E-state index contributed by atoms with van der Waals surface area (Å²) in [7, 11) is 3.96. The summed E-state index contributed by atoms with van der Waals surface area (Å²) in [6.45, 7) is 6.50. The summed E-state index contributed by atoms with van der Waals surface area (Å²) in [4.78, 5) is 16.2. The zero-order valence-corrected chi connectivity index (χ0v) is 13.4. The van der Waals surface area contributed by atoms with Crippen molar-refractivity contribution in [1.82, 2.24) is 15.1 Å². The van der Waals surface area contributed by atoms with Gasteiger partial charge in [-0.1, -0.05) is 18.2 Å². The number of carbonyl (C=O) groups is 1. The molecule has 0 aromatic heterocycles. The number of hydrogen-bond acceptors (Lipinski definition) is 3. The van der Waals surface area contributed by atoms with Crippen molar-refractivity contribution < 1.29 is 9.18 Å². The highest BCUT2D eigenvalue weighted by molar-refractivity contribution is 5.84. The number of hydrogen-bond donors (Lipinski definition) is 1. The Morgan fingerprint density at radius 3 is 2.52 bits per heavy atom. The Labute approximate surface area is 125 Å².